The van der Waals surface area contributed by atoms with Gasteiger partial charge in [0.15, 0.2) is 0 Å². The Bertz CT molecular complexity index is 870. The molecule has 3 rings (SSSR count). The van der Waals surface area contributed by atoms with Crippen molar-refractivity contribution in [2.75, 3.05) is 13.7 Å². The standard InChI is InChI=1S/C23H25FN2O/c1-3-14-25(16-19-10-12-22(27-2)13-11-19)18-21-8-6-15-26(21)17-20-7-4-5-9-23(20)24/h3-13,15H,1,14,16-18H2,2H3/p+1. The van der Waals surface area contributed by atoms with Gasteiger partial charge in [0.25, 0.3) is 0 Å². The molecule has 1 atom stereocenters. The van der Waals surface area contributed by atoms with Crippen molar-refractivity contribution >= 4 is 0 Å². The Labute approximate surface area is 160 Å². The van der Waals surface area contributed by atoms with Gasteiger partial charge in [-0.2, -0.15) is 0 Å². The molecule has 0 fully saturated rings. The van der Waals surface area contributed by atoms with Crippen LogP contribution in [-0.4, -0.2) is 18.2 Å². The van der Waals surface area contributed by atoms with Gasteiger partial charge in [-0.05, 0) is 48.5 Å². The van der Waals surface area contributed by atoms with Crippen LogP contribution in [0.2, 0.25) is 0 Å². The van der Waals surface area contributed by atoms with Crippen molar-refractivity contribution in [3.63, 3.8) is 0 Å². The molecule has 0 saturated heterocycles. The molecule has 1 unspecified atom stereocenters. The largest absolute Gasteiger partial charge is 0.497 e. The molecule has 0 aliphatic heterocycles. The number of quaternary nitrogens is 1. The molecule has 2 aromatic carbocycles. The zero-order chi connectivity index (χ0) is 19.1. The molecule has 4 heteroatoms. The smallest absolute Gasteiger partial charge is 0.128 e. The second kappa shape index (κ2) is 9.19. The minimum Gasteiger partial charge on any atom is -0.497 e. The van der Waals surface area contributed by atoms with Gasteiger partial charge in [0, 0.05) is 17.3 Å². The Kier molecular flexibility index (Phi) is 6.44. The molecule has 0 saturated carbocycles. The third-order valence-electron chi connectivity index (χ3n) is 4.70. The van der Waals surface area contributed by atoms with E-state index in [0.717, 1.165) is 25.4 Å². The molecule has 140 valence electrons. The number of hydrogen-bond acceptors (Lipinski definition) is 1. The lowest BCUT2D eigenvalue weighted by Crippen LogP contribution is -3.09. The van der Waals surface area contributed by atoms with E-state index in [9.17, 15) is 4.39 Å². The summed E-state index contributed by atoms with van der Waals surface area (Å²) in [5.41, 5.74) is 3.14. The zero-order valence-electron chi connectivity index (χ0n) is 15.7. The molecule has 1 N–H and O–H groups in total. The van der Waals surface area contributed by atoms with Gasteiger partial charge in [-0.15, -0.1) is 0 Å². The van der Waals surface area contributed by atoms with E-state index in [-0.39, 0.29) is 5.82 Å². The maximum absolute atomic E-state index is 14.0. The number of halogens is 1. The first-order chi connectivity index (χ1) is 13.2. The third-order valence-corrected chi connectivity index (χ3v) is 4.70. The number of nitrogens with one attached hydrogen (secondary N) is 1. The highest BCUT2D eigenvalue weighted by atomic mass is 19.1. The summed E-state index contributed by atoms with van der Waals surface area (Å²) in [6.45, 7) is 7.04. The van der Waals surface area contributed by atoms with Crippen LogP contribution >= 0.6 is 0 Å². The summed E-state index contributed by atoms with van der Waals surface area (Å²) in [6, 6.07) is 19.3. The zero-order valence-corrected chi connectivity index (χ0v) is 15.7. The van der Waals surface area contributed by atoms with Crippen molar-refractivity contribution in [1.29, 1.82) is 0 Å². The molecular weight excluding hydrogens is 339 g/mol. The van der Waals surface area contributed by atoms with Crippen molar-refractivity contribution in [3.8, 4) is 5.75 Å². The monoisotopic (exact) mass is 365 g/mol. The molecule has 0 amide bonds. The summed E-state index contributed by atoms with van der Waals surface area (Å²) >= 11 is 0. The average molecular weight is 365 g/mol. The fraction of sp³-hybridized carbons (Fsp3) is 0.217. The molecular formula is C23H26FN2O+. The fourth-order valence-electron chi connectivity index (χ4n) is 3.27. The van der Waals surface area contributed by atoms with Crippen LogP contribution < -0.4 is 9.64 Å². The second-order valence-electron chi connectivity index (χ2n) is 6.66. The van der Waals surface area contributed by atoms with Crippen LogP contribution in [0.15, 0.2) is 79.5 Å². The van der Waals surface area contributed by atoms with Gasteiger partial charge in [0.1, 0.15) is 24.7 Å². The molecule has 27 heavy (non-hydrogen) atoms. The number of methoxy groups -OCH3 is 1. The first kappa shape index (κ1) is 18.9. The minimum absolute atomic E-state index is 0.161. The second-order valence-corrected chi connectivity index (χ2v) is 6.66. The Morgan fingerprint density at radius 2 is 1.81 bits per heavy atom. The number of hydrogen-bond donors (Lipinski definition) is 1. The lowest BCUT2D eigenvalue weighted by Gasteiger charge is -2.19. The maximum Gasteiger partial charge on any atom is 0.128 e. The lowest BCUT2D eigenvalue weighted by atomic mass is 10.2. The Hall–Kier alpha value is -2.85. The molecule has 1 aromatic heterocycles. The van der Waals surface area contributed by atoms with Crippen LogP contribution in [0.25, 0.3) is 0 Å². The first-order valence-electron chi connectivity index (χ1n) is 9.14. The molecule has 3 aromatic rings. The number of aromatic nitrogens is 1. The number of ether oxygens (including phenoxy) is 1. The predicted molar refractivity (Wildman–Crippen MR) is 106 cm³/mol. The molecule has 0 spiro atoms. The molecule has 0 aliphatic rings. The molecule has 3 nitrogen and oxygen atoms in total. The van der Waals surface area contributed by atoms with Crippen LogP contribution in [0, 0.1) is 5.82 Å². The van der Waals surface area contributed by atoms with Crippen molar-refractivity contribution < 1.29 is 14.0 Å². The van der Waals surface area contributed by atoms with Crippen molar-refractivity contribution in [1.82, 2.24) is 4.57 Å². The van der Waals surface area contributed by atoms with Crippen molar-refractivity contribution in [3.05, 3.63) is 102 Å². The van der Waals surface area contributed by atoms with Crippen molar-refractivity contribution in [2.45, 2.75) is 19.6 Å². The highest BCUT2D eigenvalue weighted by Gasteiger charge is 2.13. The topological polar surface area (TPSA) is 18.6 Å². The van der Waals surface area contributed by atoms with E-state index in [1.807, 2.05) is 42.6 Å². The van der Waals surface area contributed by atoms with Gasteiger partial charge in [-0.3, -0.25) is 0 Å². The molecule has 0 bridgehead atoms. The molecule has 0 radical (unpaired) electrons. The third kappa shape index (κ3) is 5.08. The van der Waals surface area contributed by atoms with Crippen LogP contribution in [0.4, 0.5) is 4.39 Å². The Balaban J connectivity index is 1.72. The van der Waals surface area contributed by atoms with E-state index in [0.29, 0.717) is 12.1 Å². The highest BCUT2D eigenvalue weighted by molar-refractivity contribution is 5.26. The number of rotatable bonds is 9. The van der Waals surface area contributed by atoms with Gasteiger partial charge in [-0.1, -0.05) is 24.8 Å². The molecule has 1 heterocycles. The molecule has 0 aliphatic carbocycles. The van der Waals surface area contributed by atoms with Gasteiger partial charge in [-0.25, -0.2) is 4.39 Å². The number of benzene rings is 2. The minimum atomic E-state index is -0.161. The normalized spacial score (nSPS) is 11.9. The van der Waals surface area contributed by atoms with Gasteiger partial charge in [0.05, 0.1) is 25.9 Å². The van der Waals surface area contributed by atoms with Crippen LogP contribution in [0.3, 0.4) is 0 Å². The predicted octanol–water partition coefficient (Wildman–Crippen LogP) is 3.46. The highest BCUT2D eigenvalue weighted by Crippen LogP contribution is 2.12. The SMILES string of the molecule is C=CC[NH+](Cc1ccc(OC)cc1)Cc1cccn1Cc1ccccc1F. The van der Waals surface area contributed by atoms with Crippen LogP contribution in [0.1, 0.15) is 16.8 Å². The van der Waals surface area contributed by atoms with Gasteiger partial charge < -0.3 is 14.2 Å². The van der Waals surface area contributed by atoms with E-state index in [1.165, 1.54) is 22.2 Å². The van der Waals surface area contributed by atoms with Crippen LogP contribution in [0.5, 0.6) is 5.75 Å². The van der Waals surface area contributed by atoms with Crippen LogP contribution in [-0.2, 0) is 19.6 Å². The number of nitrogens with zero attached hydrogens (tertiary/aromatic N) is 1. The summed E-state index contributed by atoms with van der Waals surface area (Å²) in [5.74, 6) is 0.702. The van der Waals surface area contributed by atoms with E-state index < -0.39 is 0 Å². The van der Waals surface area contributed by atoms with E-state index >= 15 is 0 Å². The quantitative estimate of drug-likeness (QED) is 0.575. The fourth-order valence-corrected chi connectivity index (χ4v) is 3.27. The summed E-state index contributed by atoms with van der Waals surface area (Å²) in [4.78, 5) is 1.38. The summed E-state index contributed by atoms with van der Waals surface area (Å²) in [7, 11) is 1.67. The summed E-state index contributed by atoms with van der Waals surface area (Å²) in [6.07, 6.45) is 3.96. The van der Waals surface area contributed by atoms with Gasteiger partial charge >= 0.3 is 0 Å². The maximum atomic E-state index is 14.0. The van der Waals surface area contributed by atoms with Gasteiger partial charge in [0.2, 0.25) is 0 Å². The first-order valence-corrected chi connectivity index (χ1v) is 9.14. The van der Waals surface area contributed by atoms with E-state index in [4.69, 9.17) is 4.74 Å². The Morgan fingerprint density at radius 1 is 1.04 bits per heavy atom. The average Bonchev–Trinajstić information content (AvgIpc) is 3.11. The van der Waals surface area contributed by atoms with Crippen molar-refractivity contribution in [2.24, 2.45) is 0 Å². The van der Waals surface area contributed by atoms with E-state index in [1.54, 1.807) is 13.2 Å². The lowest BCUT2D eigenvalue weighted by molar-refractivity contribution is -0.922. The van der Waals surface area contributed by atoms with E-state index in [2.05, 4.69) is 29.3 Å². The summed E-state index contributed by atoms with van der Waals surface area (Å²) < 4.78 is 21.4. The summed E-state index contributed by atoms with van der Waals surface area (Å²) in [5, 5.41) is 0. The Morgan fingerprint density at radius 3 is 2.52 bits per heavy atom.